The van der Waals surface area contributed by atoms with E-state index in [1.165, 1.54) is 12.0 Å². The maximum atomic E-state index is 5.99. The Morgan fingerprint density at radius 3 is 2.50 bits per heavy atom. The first-order valence-corrected chi connectivity index (χ1v) is 6.46. The van der Waals surface area contributed by atoms with E-state index in [4.69, 9.17) is 4.74 Å². The van der Waals surface area contributed by atoms with Crippen LogP contribution in [0.1, 0.15) is 17.9 Å². The van der Waals surface area contributed by atoms with E-state index < -0.39 is 0 Å². The van der Waals surface area contributed by atoms with Crippen LogP contribution in [0.15, 0.2) is 54.6 Å². The number of benzene rings is 2. The van der Waals surface area contributed by atoms with Crippen molar-refractivity contribution in [1.82, 2.24) is 5.32 Å². The van der Waals surface area contributed by atoms with Crippen molar-refractivity contribution in [2.75, 3.05) is 13.1 Å². The van der Waals surface area contributed by atoms with Gasteiger partial charge in [0.05, 0.1) is 0 Å². The Morgan fingerprint density at radius 1 is 0.944 bits per heavy atom. The number of hydrogen-bond donors (Lipinski definition) is 1. The molecule has 3 rings (SSSR count). The molecule has 1 saturated heterocycles. The van der Waals surface area contributed by atoms with Crippen molar-refractivity contribution < 1.29 is 4.74 Å². The summed E-state index contributed by atoms with van der Waals surface area (Å²) in [4.78, 5) is 0. The van der Waals surface area contributed by atoms with Gasteiger partial charge in [0.1, 0.15) is 11.5 Å². The molecule has 1 unspecified atom stereocenters. The molecular formula is C16H17NO. The Morgan fingerprint density at radius 2 is 1.72 bits per heavy atom. The second-order valence-electron chi connectivity index (χ2n) is 4.64. The van der Waals surface area contributed by atoms with Crippen LogP contribution in [0.2, 0.25) is 0 Å². The largest absolute Gasteiger partial charge is 0.457 e. The molecule has 0 amide bonds. The first-order valence-electron chi connectivity index (χ1n) is 6.46. The van der Waals surface area contributed by atoms with Gasteiger partial charge in [-0.1, -0.05) is 36.4 Å². The number of hydrogen-bond acceptors (Lipinski definition) is 2. The van der Waals surface area contributed by atoms with E-state index in [2.05, 4.69) is 23.5 Å². The van der Waals surface area contributed by atoms with Gasteiger partial charge < -0.3 is 10.1 Å². The van der Waals surface area contributed by atoms with Gasteiger partial charge in [-0.25, -0.2) is 0 Å². The highest BCUT2D eigenvalue weighted by Crippen LogP contribution is 2.33. The molecular weight excluding hydrogens is 222 g/mol. The summed E-state index contributed by atoms with van der Waals surface area (Å²) in [7, 11) is 0. The lowest BCUT2D eigenvalue weighted by Crippen LogP contribution is -2.08. The van der Waals surface area contributed by atoms with Crippen LogP contribution in [0.4, 0.5) is 0 Å². The predicted octanol–water partition coefficient (Wildman–Crippen LogP) is 3.56. The van der Waals surface area contributed by atoms with Crippen molar-refractivity contribution in [3.8, 4) is 11.5 Å². The molecule has 92 valence electrons. The molecule has 1 N–H and O–H groups in total. The highest BCUT2D eigenvalue weighted by Gasteiger charge is 2.20. The van der Waals surface area contributed by atoms with Gasteiger partial charge in [0.15, 0.2) is 0 Å². The quantitative estimate of drug-likeness (QED) is 0.884. The Bertz CT molecular complexity index is 504. The molecule has 0 radical (unpaired) electrons. The lowest BCUT2D eigenvalue weighted by Gasteiger charge is -2.15. The molecule has 0 aromatic heterocycles. The lowest BCUT2D eigenvalue weighted by molar-refractivity contribution is 0.471. The monoisotopic (exact) mass is 239 g/mol. The Hall–Kier alpha value is -1.80. The molecule has 2 aromatic rings. The van der Waals surface area contributed by atoms with Gasteiger partial charge in [0, 0.05) is 12.5 Å². The zero-order chi connectivity index (χ0) is 12.2. The fourth-order valence-corrected chi connectivity index (χ4v) is 2.45. The summed E-state index contributed by atoms with van der Waals surface area (Å²) in [6.45, 7) is 2.15. The molecule has 2 nitrogen and oxygen atoms in total. The SMILES string of the molecule is c1ccc(Oc2ccccc2C2CCNC2)cc1. The van der Waals surface area contributed by atoms with Crippen LogP contribution in [0, 0.1) is 0 Å². The first kappa shape index (κ1) is 11.3. The van der Waals surface area contributed by atoms with Crippen LogP contribution in [0.3, 0.4) is 0 Å². The van der Waals surface area contributed by atoms with Crippen LogP contribution in [0.5, 0.6) is 11.5 Å². The zero-order valence-electron chi connectivity index (χ0n) is 10.3. The summed E-state index contributed by atoms with van der Waals surface area (Å²) in [6, 6.07) is 18.3. The molecule has 0 bridgehead atoms. The standard InChI is InChI=1S/C16H17NO/c1-2-6-14(7-3-1)18-16-9-5-4-8-15(16)13-10-11-17-12-13/h1-9,13,17H,10-12H2. The summed E-state index contributed by atoms with van der Waals surface area (Å²) in [5, 5.41) is 3.41. The molecule has 0 spiro atoms. The number of rotatable bonds is 3. The van der Waals surface area contributed by atoms with Crippen molar-refractivity contribution in [3.63, 3.8) is 0 Å². The zero-order valence-corrected chi connectivity index (χ0v) is 10.3. The van der Waals surface area contributed by atoms with Crippen molar-refractivity contribution in [2.45, 2.75) is 12.3 Å². The van der Waals surface area contributed by atoms with E-state index >= 15 is 0 Å². The molecule has 18 heavy (non-hydrogen) atoms. The Kier molecular flexibility index (Phi) is 3.29. The summed E-state index contributed by atoms with van der Waals surface area (Å²) in [6.07, 6.45) is 1.19. The summed E-state index contributed by atoms with van der Waals surface area (Å²) in [5.41, 5.74) is 1.31. The van der Waals surface area contributed by atoms with Gasteiger partial charge in [-0.3, -0.25) is 0 Å². The normalized spacial score (nSPS) is 18.8. The molecule has 2 aromatic carbocycles. The van der Waals surface area contributed by atoms with Crippen LogP contribution in [0.25, 0.3) is 0 Å². The van der Waals surface area contributed by atoms with E-state index in [-0.39, 0.29) is 0 Å². The van der Waals surface area contributed by atoms with Crippen molar-refractivity contribution >= 4 is 0 Å². The molecule has 2 heteroatoms. The maximum Gasteiger partial charge on any atom is 0.130 e. The Labute approximate surface area is 108 Å². The molecule has 1 aliphatic rings. The molecule has 0 saturated carbocycles. The molecule has 1 atom stereocenters. The maximum absolute atomic E-state index is 5.99. The minimum absolute atomic E-state index is 0.574. The molecule has 1 fully saturated rings. The molecule has 1 aliphatic heterocycles. The predicted molar refractivity (Wildman–Crippen MR) is 73.2 cm³/mol. The summed E-state index contributed by atoms with van der Waals surface area (Å²) in [5.74, 6) is 2.46. The van der Waals surface area contributed by atoms with E-state index in [0.717, 1.165) is 24.6 Å². The Balaban J connectivity index is 1.87. The second-order valence-corrected chi connectivity index (χ2v) is 4.64. The molecule has 1 heterocycles. The van der Waals surface area contributed by atoms with Gasteiger partial charge in [0.25, 0.3) is 0 Å². The highest BCUT2D eigenvalue weighted by molar-refractivity contribution is 5.40. The topological polar surface area (TPSA) is 21.3 Å². The third-order valence-electron chi connectivity index (χ3n) is 3.39. The fourth-order valence-electron chi connectivity index (χ4n) is 2.45. The van der Waals surface area contributed by atoms with Gasteiger partial charge in [-0.05, 0) is 36.7 Å². The van der Waals surface area contributed by atoms with Crippen molar-refractivity contribution in [2.24, 2.45) is 0 Å². The summed E-state index contributed by atoms with van der Waals surface area (Å²) >= 11 is 0. The molecule has 0 aliphatic carbocycles. The average molecular weight is 239 g/mol. The number of nitrogens with one attached hydrogen (secondary N) is 1. The van der Waals surface area contributed by atoms with E-state index in [1.54, 1.807) is 0 Å². The smallest absolute Gasteiger partial charge is 0.130 e. The number of para-hydroxylation sites is 2. The van der Waals surface area contributed by atoms with Crippen LogP contribution >= 0.6 is 0 Å². The summed E-state index contributed by atoms with van der Waals surface area (Å²) < 4.78 is 5.99. The average Bonchev–Trinajstić information content (AvgIpc) is 2.94. The third kappa shape index (κ3) is 2.39. The van der Waals surface area contributed by atoms with Gasteiger partial charge in [0.2, 0.25) is 0 Å². The van der Waals surface area contributed by atoms with Gasteiger partial charge in [-0.2, -0.15) is 0 Å². The van der Waals surface area contributed by atoms with Crippen molar-refractivity contribution in [1.29, 1.82) is 0 Å². The highest BCUT2D eigenvalue weighted by atomic mass is 16.5. The lowest BCUT2D eigenvalue weighted by atomic mass is 9.97. The van der Waals surface area contributed by atoms with Crippen LogP contribution < -0.4 is 10.1 Å². The van der Waals surface area contributed by atoms with Gasteiger partial charge in [-0.15, -0.1) is 0 Å². The first-order chi connectivity index (χ1) is 8.93. The van der Waals surface area contributed by atoms with E-state index in [1.807, 2.05) is 36.4 Å². The van der Waals surface area contributed by atoms with Crippen LogP contribution in [-0.4, -0.2) is 13.1 Å². The van der Waals surface area contributed by atoms with Crippen molar-refractivity contribution in [3.05, 3.63) is 60.2 Å². The number of ether oxygens (including phenoxy) is 1. The van der Waals surface area contributed by atoms with E-state index in [9.17, 15) is 0 Å². The van der Waals surface area contributed by atoms with Gasteiger partial charge >= 0.3 is 0 Å². The third-order valence-corrected chi connectivity index (χ3v) is 3.39. The second kappa shape index (κ2) is 5.23. The van der Waals surface area contributed by atoms with E-state index in [0.29, 0.717) is 5.92 Å². The minimum Gasteiger partial charge on any atom is -0.457 e. The minimum atomic E-state index is 0.574. The van der Waals surface area contributed by atoms with Crippen LogP contribution in [-0.2, 0) is 0 Å². The fraction of sp³-hybridized carbons (Fsp3) is 0.250.